The van der Waals surface area contributed by atoms with Gasteiger partial charge in [-0.25, -0.2) is 8.78 Å². The van der Waals surface area contributed by atoms with E-state index in [0.717, 1.165) is 0 Å². The molecule has 0 aromatic carbocycles. The number of halogens is 2. The Bertz CT molecular complexity index is 252. The Morgan fingerprint density at radius 1 is 0.947 bits per heavy atom. The SMILES string of the molecule is C=C(OSC(F)CCC)OC(=C)OSC(F)CCC. The van der Waals surface area contributed by atoms with E-state index < -0.39 is 11.0 Å². The van der Waals surface area contributed by atoms with Gasteiger partial charge in [0.15, 0.2) is 11.0 Å². The predicted molar refractivity (Wildman–Crippen MR) is 76.3 cm³/mol. The number of ether oxygens (including phenoxy) is 1. The lowest BCUT2D eigenvalue weighted by molar-refractivity contribution is 0.109. The molecule has 0 fully saturated rings. The van der Waals surface area contributed by atoms with Crippen LogP contribution < -0.4 is 0 Å². The molecule has 0 saturated heterocycles. The summed E-state index contributed by atoms with van der Waals surface area (Å²) in [6.45, 7) is 10.6. The molecule has 2 atom stereocenters. The van der Waals surface area contributed by atoms with Gasteiger partial charge in [-0.05, 0) is 26.0 Å². The van der Waals surface area contributed by atoms with Crippen LogP contribution in [-0.2, 0) is 13.1 Å². The van der Waals surface area contributed by atoms with Gasteiger partial charge in [-0.15, -0.1) is 0 Å². The Morgan fingerprint density at radius 3 is 1.63 bits per heavy atom. The molecule has 0 radical (unpaired) electrons. The van der Waals surface area contributed by atoms with Gasteiger partial charge in [-0.2, -0.15) is 0 Å². The van der Waals surface area contributed by atoms with Crippen LogP contribution in [-0.4, -0.2) is 11.0 Å². The predicted octanol–water partition coefficient (Wildman–Crippen LogP) is 5.47. The third kappa shape index (κ3) is 11.0. The lowest BCUT2D eigenvalue weighted by Gasteiger charge is -2.12. The summed E-state index contributed by atoms with van der Waals surface area (Å²) in [6.07, 6.45) is 2.19. The zero-order chi connectivity index (χ0) is 14.7. The fraction of sp³-hybridized carbons (Fsp3) is 0.667. The van der Waals surface area contributed by atoms with Crippen molar-refractivity contribution in [3.8, 4) is 0 Å². The maximum absolute atomic E-state index is 13.1. The summed E-state index contributed by atoms with van der Waals surface area (Å²) < 4.78 is 40.8. The molecular weight excluding hydrogens is 294 g/mol. The summed E-state index contributed by atoms with van der Waals surface area (Å²) in [5, 5.41) is 0. The Labute approximate surface area is 122 Å². The molecule has 0 aliphatic carbocycles. The van der Waals surface area contributed by atoms with Crippen LogP contribution in [0.2, 0.25) is 0 Å². The Morgan fingerprint density at radius 2 is 1.32 bits per heavy atom. The van der Waals surface area contributed by atoms with Crippen molar-refractivity contribution in [1.82, 2.24) is 0 Å². The maximum Gasteiger partial charge on any atom is 0.292 e. The average molecular weight is 314 g/mol. The molecule has 0 aromatic heterocycles. The van der Waals surface area contributed by atoms with Crippen LogP contribution in [0.5, 0.6) is 0 Å². The molecule has 0 amide bonds. The quantitative estimate of drug-likeness (QED) is 0.352. The first kappa shape index (κ1) is 18.4. The smallest absolute Gasteiger partial charge is 0.292 e. The van der Waals surface area contributed by atoms with E-state index in [2.05, 4.69) is 13.2 Å². The third-order valence-corrected chi connectivity index (χ3v) is 3.20. The van der Waals surface area contributed by atoms with Gasteiger partial charge in [0.05, 0.1) is 24.1 Å². The van der Waals surface area contributed by atoms with E-state index in [1.54, 1.807) is 0 Å². The molecule has 0 saturated carbocycles. The second kappa shape index (κ2) is 11.3. The monoisotopic (exact) mass is 314 g/mol. The molecule has 19 heavy (non-hydrogen) atoms. The second-order valence-electron chi connectivity index (χ2n) is 3.60. The first-order valence-electron chi connectivity index (χ1n) is 6.00. The molecule has 112 valence electrons. The number of rotatable bonds is 12. The van der Waals surface area contributed by atoms with E-state index in [-0.39, 0.29) is 11.9 Å². The molecular formula is C12H20F2O3S2. The summed E-state index contributed by atoms with van der Waals surface area (Å²) in [5.41, 5.74) is -2.29. The van der Waals surface area contributed by atoms with Crippen LogP contribution in [0.4, 0.5) is 8.78 Å². The average Bonchev–Trinajstić information content (AvgIpc) is 2.35. The number of alkyl halides is 2. The standard InChI is InChI=1S/C12H20F2O3S2/c1-5-7-11(13)18-16-9(3)15-10(4)17-19-12(14)8-6-2/h11-12H,3-8H2,1-2H3. The van der Waals surface area contributed by atoms with Crippen molar-refractivity contribution in [2.45, 2.75) is 50.5 Å². The summed E-state index contributed by atoms with van der Waals surface area (Å²) in [5.74, 6) is -0.305. The van der Waals surface area contributed by atoms with Crippen molar-refractivity contribution in [1.29, 1.82) is 0 Å². The first-order valence-corrected chi connectivity index (χ1v) is 7.60. The van der Waals surface area contributed by atoms with Crippen LogP contribution in [0, 0.1) is 0 Å². The molecule has 0 heterocycles. The minimum atomic E-state index is -1.14. The van der Waals surface area contributed by atoms with Gasteiger partial charge in [-0.3, -0.25) is 0 Å². The zero-order valence-electron chi connectivity index (χ0n) is 11.2. The molecule has 7 heteroatoms. The highest BCUT2D eigenvalue weighted by Gasteiger charge is 2.12. The molecule has 0 aliphatic rings. The highest BCUT2D eigenvalue weighted by atomic mass is 32.2. The summed E-state index contributed by atoms with van der Waals surface area (Å²) >= 11 is 1.23. The number of hydrogen-bond donors (Lipinski definition) is 0. The van der Waals surface area contributed by atoms with Crippen molar-refractivity contribution >= 4 is 24.1 Å². The molecule has 0 aromatic rings. The van der Waals surface area contributed by atoms with Gasteiger partial charge < -0.3 is 13.1 Å². The van der Waals surface area contributed by atoms with Crippen LogP contribution in [0.25, 0.3) is 0 Å². The van der Waals surface area contributed by atoms with Crippen molar-refractivity contribution in [3.05, 3.63) is 25.0 Å². The highest BCUT2D eigenvalue weighted by molar-refractivity contribution is 7.95. The van der Waals surface area contributed by atoms with Crippen molar-refractivity contribution < 1.29 is 21.9 Å². The molecule has 3 nitrogen and oxygen atoms in total. The molecule has 0 rings (SSSR count). The van der Waals surface area contributed by atoms with Crippen molar-refractivity contribution in [3.63, 3.8) is 0 Å². The van der Waals surface area contributed by atoms with E-state index in [0.29, 0.717) is 49.8 Å². The summed E-state index contributed by atoms with van der Waals surface area (Å²) in [6, 6.07) is 0. The Balaban J connectivity index is 3.72. The zero-order valence-corrected chi connectivity index (χ0v) is 12.8. The lowest BCUT2D eigenvalue weighted by atomic mass is 10.4. The van der Waals surface area contributed by atoms with Crippen molar-refractivity contribution in [2.24, 2.45) is 0 Å². The van der Waals surface area contributed by atoms with E-state index >= 15 is 0 Å². The minimum absolute atomic E-state index is 0.153. The second-order valence-corrected chi connectivity index (χ2v) is 5.34. The number of hydrogen-bond acceptors (Lipinski definition) is 5. The van der Waals surface area contributed by atoms with E-state index in [4.69, 9.17) is 13.1 Å². The Kier molecular flexibility index (Phi) is 10.9. The van der Waals surface area contributed by atoms with Crippen LogP contribution >= 0.6 is 24.1 Å². The van der Waals surface area contributed by atoms with Gasteiger partial charge >= 0.3 is 0 Å². The van der Waals surface area contributed by atoms with Gasteiger partial charge in [-0.1, -0.05) is 26.7 Å². The van der Waals surface area contributed by atoms with E-state index in [1.165, 1.54) is 0 Å². The topological polar surface area (TPSA) is 27.7 Å². The first-order chi connectivity index (χ1) is 8.99. The fourth-order valence-corrected chi connectivity index (χ4v) is 2.08. The molecule has 0 aliphatic heterocycles. The molecule has 0 spiro atoms. The Hall–Kier alpha value is -0.560. The lowest BCUT2D eigenvalue weighted by Crippen LogP contribution is -1.99. The van der Waals surface area contributed by atoms with Crippen LogP contribution in [0.1, 0.15) is 39.5 Å². The fourth-order valence-electron chi connectivity index (χ4n) is 0.923. The van der Waals surface area contributed by atoms with Crippen LogP contribution in [0.3, 0.4) is 0 Å². The van der Waals surface area contributed by atoms with Gasteiger partial charge in [0.1, 0.15) is 0 Å². The van der Waals surface area contributed by atoms with Crippen molar-refractivity contribution in [2.75, 3.05) is 0 Å². The highest BCUT2D eigenvalue weighted by Crippen LogP contribution is 2.25. The summed E-state index contributed by atoms with van der Waals surface area (Å²) in [4.78, 5) is 0. The minimum Gasteiger partial charge on any atom is -0.392 e. The van der Waals surface area contributed by atoms with Crippen LogP contribution in [0.15, 0.2) is 25.0 Å². The maximum atomic E-state index is 13.1. The largest absolute Gasteiger partial charge is 0.392 e. The molecule has 0 bridgehead atoms. The van der Waals surface area contributed by atoms with E-state index in [1.807, 2.05) is 13.8 Å². The van der Waals surface area contributed by atoms with Gasteiger partial charge in [0.25, 0.3) is 11.9 Å². The molecule has 2 unspecified atom stereocenters. The third-order valence-electron chi connectivity index (χ3n) is 1.75. The van der Waals surface area contributed by atoms with Gasteiger partial charge in [0, 0.05) is 0 Å². The molecule has 0 N–H and O–H groups in total. The summed E-state index contributed by atoms with van der Waals surface area (Å²) in [7, 11) is 0. The van der Waals surface area contributed by atoms with Gasteiger partial charge in [0.2, 0.25) is 0 Å². The van der Waals surface area contributed by atoms with E-state index in [9.17, 15) is 8.78 Å². The normalized spacial score (nSPS) is 13.5.